The molecule has 1 amide bonds. The summed E-state index contributed by atoms with van der Waals surface area (Å²) in [5.41, 5.74) is 2.28. The molecule has 0 unspecified atom stereocenters. The van der Waals surface area contributed by atoms with Crippen molar-refractivity contribution in [2.75, 3.05) is 6.54 Å². The van der Waals surface area contributed by atoms with Gasteiger partial charge in [-0.15, -0.1) is 0 Å². The first-order chi connectivity index (χ1) is 11.6. The van der Waals surface area contributed by atoms with E-state index >= 15 is 0 Å². The van der Waals surface area contributed by atoms with Gasteiger partial charge in [-0.05, 0) is 49.6 Å². The van der Waals surface area contributed by atoms with Gasteiger partial charge in [0, 0.05) is 11.6 Å². The zero-order valence-corrected chi connectivity index (χ0v) is 14.7. The molecule has 1 aliphatic rings. The van der Waals surface area contributed by atoms with Crippen LogP contribution in [0.1, 0.15) is 36.9 Å². The van der Waals surface area contributed by atoms with Crippen LogP contribution in [0.2, 0.25) is 5.02 Å². The van der Waals surface area contributed by atoms with Gasteiger partial charge in [-0.2, -0.15) is 0 Å². The van der Waals surface area contributed by atoms with Gasteiger partial charge in [-0.3, -0.25) is 9.69 Å². The molecule has 1 N–H and O–H groups in total. The van der Waals surface area contributed by atoms with Crippen LogP contribution in [0, 0.1) is 0 Å². The molecule has 1 saturated heterocycles. The lowest BCUT2D eigenvalue weighted by Crippen LogP contribution is -2.43. The molecule has 126 valence electrons. The van der Waals surface area contributed by atoms with Crippen molar-refractivity contribution in [1.29, 1.82) is 0 Å². The number of hydrogen-bond acceptors (Lipinski definition) is 2. The Bertz CT molecular complexity index is 689. The minimum absolute atomic E-state index is 0.0459. The first-order valence-electron chi connectivity index (χ1n) is 8.47. The third-order valence-electron chi connectivity index (χ3n) is 4.60. The zero-order valence-electron chi connectivity index (χ0n) is 13.9. The molecule has 2 aromatic rings. The molecule has 0 saturated carbocycles. The Labute approximate surface area is 148 Å². The van der Waals surface area contributed by atoms with Crippen molar-refractivity contribution in [3.8, 4) is 0 Å². The maximum absolute atomic E-state index is 12.7. The van der Waals surface area contributed by atoms with Gasteiger partial charge in [0.2, 0.25) is 5.91 Å². The Morgan fingerprint density at radius 1 is 1.25 bits per heavy atom. The first kappa shape index (κ1) is 17.0. The monoisotopic (exact) mass is 342 g/mol. The van der Waals surface area contributed by atoms with E-state index in [0.29, 0.717) is 5.02 Å². The molecule has 0 bridgehead atoms. The number of amides is 1. The summed E-state index contributed by atoms with van der Waals surface area (Å²) in [7, 11) is 0. The number of nitrogens with one attached hydrogen (secondary N) is 1. The van der Waals surface area contributed by atoms with Gasteiger partial charge >= 0.3 is 0 Å². The van der Waals surface area contributed by atoms with Crippen LogP contribution in [0.15, 0.2) is 54.6 Å². The third kappa shape index (κ3) is 4.16. The quantitative estimate of drug-likeness (QED) is 0.884. The van der Waals surface area contributed by atoms with Crippen molar-refractivity contribution in [3.05, 3.63) is 70.7 Å². The van der Waals surface area contributed by atoms with Gasteiger partial charge in [0.15, 0.2) is 0 Å². The summed E-state index contributed by atoms with van der Waals surface area (Å²) < 4.78 is 0. The van der Waals surface area contributed by atoms with Crippen LogP contribution >= 0.6 is 11.6 Å². The molecule has 2 aromatic carbocycles. The normalized spacial score (nSPS) is 19.2. The van der Waals surface area contributed by atoms with Crippen LogP contribution in [0.4, 0.5) is 0 Å². The highest BCUT2D eigenvalue weighted by Gasteiger charge is 2.31. The van der Waals surface area contributed by atoms with Crippen LogP contribution in [0.3, 0.4) is 0 Å². The fraction of sp³-hybridized carbons (Fsp3) is 0.350. The van der Waals surface area contributed by atoms with Crippen LogP contribution in [0.5, 0.6) is 0 Å². The molecule has 4 heteroatoms. The average Bonchev–Trinajstić information content (AvgIpc) is 3.04. The molecule has 1 heterocycles. The number of hydrogen-bond donors (Lipinski definition) is 1. The molecule has 0 spiro atoms. The summed E-state index contributed by atoms with van der Waals surface area (Å²) in [6.07, 6.45) is 1.98. The van der Waals surface area contributed by atoms with Gasteiger partial charge in [-0.1, -0.05) is 54.1 Å². The van der Waals surface area contributed by atoms with Crippen molar-refractivity contribution < 1.29 is 4.79 Å². The number of benzene rings is 2. The minimum atomic E-state index is -0.0492. The molecule has 3 nitrogen and oxygen atoms in total. The molecular weight excluding hydrogens is 320 g/mol. The second-order valence-corrected chi connectivity index (χ2v) is 6.84. The van der Waals surface area contributed by atoms with Crippen molar-refractivity contribution >= 4 is 17.5 Å². The fourth-order valence-corrected chi connectivity index (χ4v) is 3.50. The molecule has 2 atom stereocenters. The molecule has 0 aromatic heterocycles. The molecule has 24 heavy (non-hydrogen) atoms. The number of nitrogens with zero attached hydrogens (tertiary/aromatic N) is 1. The molecule has 0 aliphatic carbocycles. The lowest BCUT2D eigenvalue weighted by atomic mass is 10.1. The maximum Gasteiger partial charge on any atom is 0.237 e. The molecule has 1 aliphatic heterocycles. The summed E-state index contributed by atoms with van der Waals surface area (Å²) in [5, 5.41) is 3.84. The van der Waals surface area contributed by atoms with Crippen molar-refractivity contribution in [3.63, 3.8) is 0 Å². The van der Waals surface area contributed by atoms with E-state index < -0.39 is 0 Å². The lowest BCUT2D eigenvalue weighted by molar-refractivity contribution is -0.126. The standard InChI is InChI=1S/C20H23ClN2O/c1-15(17-9-5-10-18(21)13-17)22-20(24)19-11-6-12-23(19)14-16-7-3-2-4-8-16/h2-5,7-10,13,15,19H,6,11-12,14H2,1H3,(H,22,24)/t15-,19+/m1/s1. The highest BCUT2D eigenvalue weighted by molar-refractivity contribution is 6.30. The Morgan fingerprint density at radius 2 is 2.04 bits per heavy atom. The SMILES string of the molecule is C[C@@H](NC(=O)[C@@H]1CCCN1Cc1ccccc1)c1cccc(Cl)c1. The van der Waals surface area contributed by atoms with E-state index in [1.165, 1.54) is 5.56 Å². The van der Waals surface area contributed by atoms with Crippen molar-refractivity contribution in [1.82, 2.24) is 10.2 Å². The Balaban J connectivity index is 1.63. The van der Waals surface area contributed by atoms with E-state index in [4.69, 9.17) is 11.6 Å². The summed E-state index contributed by atoms with van der Waals surface area (Å²) in [6, 6.07) is 17.9. The van der Waals surface area contributed by atoms with Gasteiger partial charge in [0.1, 0.15) is 0 Å². The van der Waals surface area contributed by atoms with E-state index in [1.54, 1.807) is 0 Å². The van der Waals surface area contributed by atoms with Crippen LogP contribution in [-0.4, -0.2) is 23.4 Å². The fourth-order valence-electron chi connectivity index (χ4n) is 3.30. The summed E-state index contributed by atoms with van der Waals surface area (Å²) >= 11 is 6.05. The lowest BCUT2D eigenvalue weighted by Gasteiger charge is -2.25. The predicted octanol–water partition coefficient (Wildman–Crippen LogP) is 4.18. The van der Waals surface area contributed by atoms with E-state index in [1.807, 2.05) is 49.4 Å². The Kier molecular flexibility index (Phi) is 5.54. The Morgan fingerprint density at radius 3 is 2.79 bits per heavy atom. The van der Waals surface area contributed by atoms with E-state index in [-0.39, 0.29) is 18.0 Å². The number of likely N-dealkylation sites (tertiary alicyclic amines) is 1. The largest absolute Gasteiger partial charge is 0.348 e. The predicted molar refractivity (Wildman–Crippen MR) is 97.9 cm³/mol. The van der Waals surface area contributed by atoms with Crippen LogP contribution < -0.4 is 5.32 Å². The first-order valence-corrected chi connectivity index (χ1v) is 8.85. The summed E-state index contributed by atoms with van der Waals surface area (Å²) in [4.78, 5) is 15.0. The Hall–Kier alpha value is -1.84. The number of carbonyl (C=O) groups is 1. The zero-order chi connectivity index (χ0) is 16.9. The topological polar surface area (TPSA) is 32.3 Å². The highest BCUT2D eigenvalue weighted by Crippen LogP contribution is 2.22. The summed E-state index contributed by atoms with van der Waals surface area (Å²) in [5.74, 6) is 0.107. The number of halogens is 1. The summed E-state index contributed by atoms with van der Waals surface area (Å²) in [6.45, 7) is 3.79. The average molecular weight is 343 g/mol. The third-order valence-corrected chi connectivity index (χ3v) is 4.84. The van der Waals surface area contributed by atoms with Gasteiger partial charge in [0.25, 0.3) is 0 Å². The van der Waals surface area contributed by atoms with Gasteiger partial charge < -0.3 is 5.32 Å². The van der Waals surface area contributed by atoms with Gasteiger partial charge in [0.05, 0.1) is 12.1 Å². The second kappa shape index (κ2) is 7.82. The molecular formula is C20H23ClN2O. The smallest absolute Gasteiger partial charge is 0.237 e. The van der Waals surface area contributed by atoms with Crippen molar-refractivity contribution in [2.45, 2.75) is 38.4 Å². The number of carbonyl (C=O) groups excluding carboxylic acids is 1. The van der Waals surface area contributed by atoms with E-state index in [2.05, 4.69) is 22.3 Å². The number of rotatable bonds is 5. The molecule has 1 fully saturated rings. The maximum atomic E-state index is 12.7. The highest BCUT2D eigenvalue weighted by atomic mass is 35.5. The van der Waals surface area contributed by atoms with Crippen LogP contribution in [-0.2, 0) is 11.3 Å². The van der Waals surface area contributed by atoms with Crippen molar-refractivity contribution in [2.24, 2.45) is 0 Å². The van der Waals surface area contributed by atoms with E-state index in [0.717, 1.165) is 31.5 Å². The van der Waals surface area contributed by atoms with Gasteiger partial charge in [-0.25, -0.2) is 0 Å². The van der Waals surface area contributed by atoms with Crippen LogP contribution in [0.25, 0.3) is 0 Å². The second-order valence-electron chi connectivity index (χ2n) is 6.40. The molecule has 3 rings (SSSR count). The minimum Gasteiger partial charge on any atom is -0.348 e. The van der Waals surface area contributed by atoms with E-state index in [9.17, 15) is 4.79 Å². The molecule has 0 radical (unpaired) electrons.